The topological polar surface area (TPSA) is 119 Å². The lowest BCUT2D eigenvalue weighted by Gasteiger charge is -2.46. The molecule has 8 nitrogen and oxygen atoms in total. The zero-order chi connectivity index (χ0) is 20.0. The summed E-state index contributed by atoms with van der Waals surface area (Å²) in [7, 11) is 0. The first-order valence-electron chi connectivity index (χ1n) is 9.32. The molecular weight excluding hydrogens is 370 g/mol. The van der Waals surface area contributed by atoms with E-state index in [1.165, 1.54) is 16.7 Å². The number of amides is 2. The molecule has 9 heteroatoms. The molecule has 0 radical (unpaired) electrons. The number of nitrogens with zero attached hydrogens (tertiary/aromatic N) is 1. The van der Waals surface area contributed by atoms with E-state index in [0.717, 1.165) is 0 Å². The van der Waals surface area contributed by atoms with Crippen molar-refractivity contribution in [3.63, 3.8) is 0 Å². The van der Waals surface area contributed by atoms with Gasteiger partial charge >= 0.3 is 5.97 Å². The molecule has 3 heterocycles. The van der Waals surface area contributed by atoms with Gasteiger partial charge in [0, 0.05) is 28.5 Å². The van der Waals surface area contributed by atoms with Crippen molar-refractivity contribution < 1.29 is 24.6 Å². The number of hydrogen-bond donors (Lipinski definition) is 4. The summed E-state index contributed by atoms with van der Waals surface area (Å²) in [6, 6.07) is -0.295. The number of carboxylic acids is 1. The van der Waals surface area contributed by atoms with Crippen LogP contribution in [-0.2, 0) is 14.4 Å². The number of carboxylic acid groups (broad SMARTS) is 1. The second-order valence-electron chi connectivity index (χ2n) is 7.87. The molecule has 3 aliphatic rings. The number of aliphatic hydroxyl groups excluding tert-OH is 1. The maximum absolute atomic E-state index is 12.4. The van der Waals surface area contributed by atoms with Gasteiger partial charge in [-0.1, -0.05) is 20.8 Å². The molecule has 2 fully saturated rings. The van der Waals surface area contributed by atoms with Crippen molar-refractivity contribution in [2.75, 3.05) is 6.54 Å². The first kappa shape index (κ1) is 20.2. The molecule has 4 N–H and O–H groups in total. The van der Waals surface area contributed by atoms with Crippen molar-refractivity contribution in [1.29, 1.82) is 0 Å². The van der Waals surface area contributed by atoms with E-state index in [4.69, 9.17) is 0 Å². The number of fused-ring (bicyclic) bond motifs is 1. The van der Waals surface area contributed by atoms with Crippen LogP contribution in [0, 0.1) is 17.8 Å². The van der Waals surface area contributed by atoms with Crippen LogP contribution in [0.15, 0.2) is 10.6 Å². The molecule has 2 saturated heterocycles. The van der Waals surface area contributed by atoms with Crippen LogP contribution < -0.4 is 10.6 Å². The number of nitrogens with one attached hydrogen (secondary N) is 2. The lowest BCUT2D eigenvalue weighted by Crippen LogP contribution is -2.63. The van der Waals surface area contributed by atoms with Crippen molar-refractivity contribution in [2.24, 2.45) is 17.8 Å². The van der Waals surface area contributed by atoms with Gasteiger partial charge in [-0.2, -0.15) is 0 Å². The highest BCUT2D eigenvalue weighted by molar-refractivity contribution is 8.03. The normalized spacial score (nSPS) is 33.9. The van der Waals surface area contributed by atoms with E-state index in [0.29, 0.717) is 17.9 Å². The van der Waals surface area contributed by atoms with E-state index in [9.17, 15) is 24.6 Å². The predicted molar refractivity (Wildman–Crippen MR) is 100 cm³/mol. The van der Waals surface area contributed by atoms with Crippen molar-refractivity contribution in [2.45, 2.75) is 57.7 Å². The van der Waals surface area contributed by atoms with Gasteiger partial charge in [-0.05, 0) is 13.3 Å². The lowest BCUT2D eigenvalue weighted by molar-refractivity contribution is -0.163. The standard InChI is InChI=1S/C18H27N3O5S/c1-7(2)16(23)20-11-5-10(6-19-11)27-15-8(3)13-12(9(4)22)17(24)21(13)14(15)18(25)26/h7-13,19,22H,5-6H2,1-4H3,(H,20,23)(H,25,26)/t8-,9-,10+,11-,12-,13-/m1/s1. The number of hydrogen-bond acceptors (Lipinski definition) is 6. The Kier molecular flexibility index (Phi) is 5.56. The number of carbonyl (C=O) groups excluding carboxylic acids is 2. The minimum atomic E-state index is -1.11. The second kappa shape index (κ2) is 7.44. The molecule has 3 aliphatic heterocycles. The van der Waals surface area contributed by atoms with Crippen LogP contribution in [0.2, 0.25) is 0 Å². The summed E-state index contributed by atoms with van der Waals surface area (Å²) in [6.07, 6.45) is -0.249. The molecule has 0 unspecified atom stereocenters. The van der Waals surface area contributed by atoms with Crippen molar-refractivity contribution >= 4 is 29.5 Å². The Morgan fingerprint density at radius 2 is 2.00 bits per heavy atom. The average Bonchev–Trinajstić information content (AvgIpc) is 3.09. The number of thioether (sulfide) groups is 1. The second-order valence-corrected chi connectivity index (χ2v) is 9.21. The molecule has 0 bridgehead atoms. The lowest BCUT2D eigenvalue weighted by atomic mass is 9.79. The van der Waals surface area contributed by atoms with Crippen LogP contribution in [-0.4, -0.2) is 63.0 Å². The van der Waals surface area contributed by atoms with E-state index in [1.807, 2.05) is 20.8 Å². The quantitative estimate of drug-likeness (QED) is 0.477. The van der Waals surface area contributed by atoms with Gasteiger partial charge in [0.2, 0.25) is 11.8 Å². The largest absolute Gasteiger partial charge is 0.477 e. The molecule has 3 rings (SSSR count). The third-order valence-corrected chi connectivity index (χ3v) is 7.05. The first-order chi connectivity index (χ1) is 12.6. The Bertz CT molecular complexity index is 692. The fraction of sp³-hybridized carbons (Fsp3) is 0.722. The fourth-order valence-corrected chi connectivity index (χ4v) is 5.58. The molecule has 27 heavy (non-hydrogen) atoms. The highest BCUT2D eigenvalue weighted by atomic mass is 32.2. The highest BCUT2D eigenvalue weighted by Gasteiger charge is 2.60. The number of carbonyl (C=O) groups is 3. The number of rotatable bonds is 6. The minimum absolute atomic E-state index is 0.0210. The van der Waals surface area contributed by atoms with Crippen molar-refractivity contribution in [1.82, 2.24) is 15.5 Å². The van der Waals surface area contributed by atoms with Gasteiger partial charge < -0.3 is 20.4 Å². The summed E-state index contributed by atoms with van der Waals surface area (Å²) < 4.78 is 0. The summed E-state index contributed by atoms with van der Waals surface area (Å²) in [5, 5.41) is 25.9. The Labute approximate surface area is 162 Å². The van der Waals surface area contributed by atoms with E-state index in [1.54, 1.807) is 6.92 Å². The van der Waals surface area contributed by atoms with Crippen LogP contribution in [0.1, 0.15) is 34.1 Å². The van der Waals surface area contributed by atoms with Crippen LogP contribution in [0.4, 0.5) is 0 Å². The third kappa shape index (κ3) is 3.48. The van der Waals surface area contributed by atoms with Crippen molar-refractivity contribution in [3.8, 4) is 0 Å². The number of β-lactam (4-membered cyclic amide) rings is 1. The van der Waals surface area contributed by atoms with Crippen molar-refractivity contribution in [3.05, 3.63) is 10.6 Å². The maximum Gasteiger partial charge on any atom is 0.353 e. The van der Waals surface area contributed by atoms with Crippen LogP contribution in [0.25, 0.3) is 0 Å². The molecule has 0 aromatic carbocycles. The molecule has 2 amide bonds. The molecule has 0 aliphatic carbocycles. The summed E-state index contributed by atoms with van der Waals surface area (Å²) in [6.45, 7) is 7.80. The van der Waals surface area contributed by atoms with Gasteiger partial charge in [0.15, 0.2) is 0 Å². The van der Waals surface area contributed by atoms with Gasteiger partial charge in [-0.15, -0.1) is 11.8 Å². The number of aliphatic hydroxyl groups is 1. The van der Waals surface area contributed by atoms with Crippen LogP contribution >= 0.6 is 11.8 Å². The molecule has 0 aromatic heterocycles. The molecule has 150 valence electrons. The van der Waals surface area contributed by atoms with E-state index in [-0.39, 0.29) is 46.8 Å². The summed E-state index contributed by atoms with van der Waals surface area (Å²) in [5.74, 6) is -2.23. The van der Waals surface area contributed by atoms with Gasteiger partial charge in [0.25, 0.3) is 0 Å². The Hall–Kier alpha value is -1.58. The van der Waals surface area contributed by atoms with E-state index < -0.39 is 18.0 Å². The SMILES string of the molecule is CC(C)C(=O)N[C@@H]1C[C@H](SC2=C(C(=O)O)N3C(=O)[C@H]([C@@H](C)O)[C@H]3[C@H]2C)CN1. The monoisotopic (exact) mass is 397 g/mol. The first-order valence-corrected chi connectivity index (χ1v) is 10.2. The van der Waals surface area contributed by atoms with Gasteiger partial charge in [0.05, 0.1) is 24.2 Å². The highest BCUT2D eigenvalue weighted by Crippen LogP contribution is 2.51. The third-order valence-electron chi connectivity index (χ3n) is 5.54. The summed E-state index contributed by atoms with van der Waals surface area (Å²) in [4.78, 5) is 38.1. The van der Waals surface area contributed by atoms with Crippen LogP contribution in [0.5, 0.6) is 0 Å². The number of aliphatic carboxylic acids is 1. The average molecular weight is 397 g/mol. The summed E-state index contributed by atoms with van der Waals surface area (Å²) in [5.41, 5.74) is 0.0501. The molecule has 0 aromatic rings. The van der Waals surface area contributed by atoms with Gasteiger partial charge in [-0.3, -0.25) is 14.9 Å². The van der Waals surface area contributed by atoms with Gasteiger partial charge in [0.1, 0.15) is 5.70 Å². The molecule has 0 spiro atoms. The fourth-order valence-electron chi connectivity index (χ4n) is 4.10. The van der Waals surface area contributed by atoms with Gasteiger partial charge in [-0.25, -0.2) is 4.79 Å². The van der Waals surface area contributed by atoms with Crippen LogP contribution in [0.3, 0.4) is 0 Å². The summed E-state index contributed by atoms with van der Waals surface area (Å²) >= 11 is 1.47. The zero-order valence-electron chi connectivity index (χ0n) is 15.9. The Balaban J connectivity index is 1.72. The Morgan fingerprint density at radius 1 is 1.33 bits per heavy atom. The molecular formula is C18H27N3O5S. The molecule has 6 atom stereocenters. The predicted octanol–water partition coefficient (Wildman–Crippen LogP) is 0.334. The zero-order valence-corrected chi connectivity index (χ0v) is 16.7. The smallest absolute Gasteiger partial charge is 0.353 e. The van der Waals surface area contributed by atoms with E-state index in [2.05, 4.69) is 10.6 Å². The minimum Gasteiger partial charge on any atom is -0.477 e. The molecule has 0 saturated carbocycles. The maximum atomic E-state index is 12.4. The Morgan fingerprint density at radius 3 is 2.56 bits per heavy atom. The van der Waals surface area contributed by atoms with E-state index >= 15 is 0 Å².